The van der Waals surface area contributed by atoms with Gasteiger partial charge in [0.25, 0.3) is 0 Å². The van der Waals surface area contributed by atoms with Crippen LogP contribution in [0.15, 0.2) is 0 Å². The molecule has 0 aliphatic carbocycles. The van der Waals surface area contributed by atoms with Gasteiger partial charge in [0, 0.05) is 0 Å². The van der Waals surface area contributed by atoms with Crippen LogP contribution in [0.4, 0.5) is 0 Å². The summed E-state index contributed by atoms with van der Waals surface area (Å²) in [6.07, 6.45) is 12.4. The minimum Gasteiger partial charge on any atom is -0.481 e. The summed E-state index contributed by atoms with van der Waals surface area (Å²) in [4.78, 5) is 34.6. The highest BCUT2D eigenvalue weighted by atomic mass is 16.4. The van der Waals surface area contributed by atoms with Gasteiger partial charge >= 0.3 is 17.9 Å². The van der Waals surface area contributed by atoms with Crippen molar-refractivity contribution in [3.8, 4) is 0 Å². The second-order valence-electron chi connectivity index (χ2n) is 7.65. The molecule has 0 amide bonds. The molecule has 0 radical (unpaired) electrons. The zero-order chi connectivity index (χ0) is 21.9. The van der Waals surface area contributed by atoms with Gasteiger partial charge in [-0.3, -0.25) is 19.3 Å². The molecular formula is C21H40N2O6. The van der Waals surface area contributed by atoms with Crippen LogP contribution in [0.25, 0.3) is 0 Å². The Morgan fingerprint density at radius 2 is 1.28 bits per heavy atom. The van der Waals surface area contributed by atoms with E-state index in [0.717, 1.165) is 12.8 Å². The third kappa shape index (κ3) is 18.1. The summed E-state index contributed by atoms with van der Waals surface area (Å²) >= 11 is 0. The fourth-order valence-corrected chi connectivity index (χ4v) is 3.28. The molecule has 1 unspecified atom stereocenters. The van der Waals surface area contributed by atoms with Crippen LogP contribution in [0, 0.1) is 0 Å². The molecule has 4 N–H and O–H groups in total. The number of carbonyl (C=O) groups is 3. The van der Waals surface area contributed by atoms with E-state index in [2.05, 4.69) is 12.2 Å². The summed E-state index contributed by atoms with van der Waals surface area (Å²) < 4.78 is 0. The lowest BCUT2D eigenvalue weighted by Crippen LogP contribution is -2.40. The van der Waals surface area contributed by atoms with Crippen LogP contribution in [-0.2, 0) is 14.4 Å². The molecule has 0 aromatic heterocycles. The average Bonchev–Trinajstić information content (AvgIpc) is 2.64. The molecule has 0 aliphatic heterocycles. The summed E-state index contributed by atoms with van der Waals surface area (Å²) in [5.41, 5.74) is 0. The van der Waals surface area contributed by atoms with Crippen LogP contribution in [0.5, 0.6) is 0 Å². The molecule has 8 nitrogen and oxygen atoms in total. The van der Waals surface area contributed by atoms with E-state index in [1.807, 2.05) is 4.90 Å². The Bertz CT molecular complexity index is 458. The first kappa shape index (κ1) is 27.3. The Morgan fingerprint density at radius 3 is 1.76 bits per heavy atom. The quantitative estimate of drug-likeness (QED) is 0.210. The number of carboxylic acids is 3. The molecule has 8 heteroatoms. The monoisotopic (exact) mass is 416 g/mol. The average molecular weight is 417 g/mol. The van der Waals surface area contributed by atoms with Crippen molar-refractivity contribution in [3.05, 3.63) is 0 Å². The normalized spacial score (nSPS) is 12.2. The van der Waals surface area contributed by atoms with Crippen LogP contribution in [0.3, 0.4) is 0 Å². The summed E-state index contributed by atoms with van der Waals surface area (Å²) in [5.74, 6) is -3.24. The maximum Gasteiger partial charge on any atom is 0.321 e. The summed E-state index contributed by atoms with van der Waals surface area (Å²) in [7, 11) is 0. The SMILES string of the molecule is CCCCCCCCCCCCN(CCCNC(CC(=O)O)C(=O)O)CC(=O)O. The fourth-order valence-electron chi connectivity index (χ4n) is 3.28. The molecule has 0 bridgehead atoms. The Balaban J connectivity index is 3.92. The van der Waals surface area contributed by atoms with Crippen LogP contribution in [-0.4, -0.2) is 70.3 Å². The molecule has 0 saturated carbocycles. The Kier molecular flexibility index (Phi) is 17.3. The smallest absolute Gasteiger partial charge is 0.321 e. The molecule has 0 aromatic carbocycles. The molecule has 0 heterocycles. The van der Waals surface area contributed by atoms with E-state index in [0.29, 0.717) is 26.1 Å². The van der Waals surface area contributed by atoms with Crippen molar-refractivity contribution in [2.24, 2.45) is 0 Å². The predicted molar refractivity (Wildman–Crippen MR) is 112 cm³/mol. The predicted octanol–water partition coefficient (Wildman–Crippen LogP) is 3.20. The van der Waals surface area contributed by atoms with Crippen molar-refractivity contribution >= 4 is 17.9 Å². The van der Waals surface area contributed by atoms with E-state index in [4.69, 9.17) is 15.3 Å². The second kappa shape index (κ2) is 18.4. The minimum absolute atomic E-state index is 0.0328. The van der Waals surface area contributed by atoms with Gasteiger partial charge in [-0.05, 0) is 32.5 Å². The lowest BCUT2D eigenvalue weighted by Gasteiger charge is -2.21. The number of carboxylic acid groups (broad SMARTS) is 3. The fraction of sp³-hybridized carbons (Fsp3) is 0.857. The summed E-state index contributed by atoms with van der Waals surface area (Å²) in [6.45, 7) is 3.76. The molecule has 0 aliphatic rings. The molecule has 0 aromatic rings. The Labute approximate surface area is 174 Å². The first-order chi connectivity index (χ1) is 13.9. The molecule has 29 heavy (non-hydrogen) atoms. The molecule has 0 fully saturated rings. The van der Waals surface area contributed by atoms with E-state index < -0.39 is 30.4 Å². The van der Waals surface area contributed by atoms with Crippen molar-refractivity contribution in [1.82, 2.24) is 10.2 Å². The maximum atomic E-state index is 11.0. The maximum absolute atomic E-state index is 11.0. The van der Waals surface area contributed by atoms with Crippen LogP contribution < -0.4 is 5.32 Å². The largest absolute Gasteiger partial charge is 0.481 e. The van der Waals surface area contributed by atoms with Gasteiger partial charge in [-0.1, -0.05) is 64.7 Å². The molecule has 1 atom stereocenters. The lowest BCUT2D eigenvalue weighted by molar-refractivity contribution is -0.145. The lowest BCUT2D eigenvalue weighted by atomic mass is 10.1. The van der Waals surface area contributed by atoms with Crippen LogP contribution >= 0.6 is 0 Å². The number of hydrogen-bond donors (Lipinski definition) is 4. The van der Waals surface area contributed by atoms with Crippen LogP contribution in [0.1, 0.15) is 84.0 Å². The Morgan fingerprint density at radius 1 is 0.759 bits per heavy atom. The third-order valence-electron chi connectivity index (χ3n) is 4.91. The van der Waals surface area contributed by atoms with Gasteiger partial charge in [0.05, 0.1) is 13.0 Å². The van der Waals surface area contributed by atoms with Crippen molar-refractivity contribution < 1.29 is 29.7 Å². The van der Waals surface area contributed by atoms with Crippen molar-refractivity contribution in [1.29, 1.82) is 0 Å². The van der Waals surface area contributed by atoms with Crippen molar-refractivity contribution in [3.63, 3.8) is 0 Å². The zero-order valence-electron chi connectivity index (χ0n) is 17.9. The second-order valence-corrected chi connectivity index (χ2v) is 7.65. The molecular weight excluding hydrogens is 376 g/mol. The third-order valence-corrected chi connectivity index (χ3v) is 4.91. The number of unbranched alkanes of at least 4 members (excludes halogenated alkanes) is 9. The highest BCUT2D eigenvalue weighted by molar-refractivity contribution is 5.80. The van der Waals surface area contributed by atoms with E-state index in [9.17, 15) is 14.4 Å². The van der Waals surface area contributed by atoms with E-state index >= 15 is 0 Å². The van der Waals surface area contributed by atoms with E-state index in [1.54, 1.807) is 0 Å². The molecule has 170 valence electrons. The van der Waals surface area contributed by atoms with Gasteiger partial charge in [-0.15, -0.1) is 0 Å². The van der Waals surface area contributed by atoms with Gasteiger partial charge in [0.15, 0.2) is 0 Å². The highest BCUT2D eigenvalue weighted by Gasteiger charge is 2.20. The molecule has 0 rings (SSSR count). The van der Waals surface area contributed by atoms with Crippen molar-refractivity contribution in [2.75, 3.05) is 26.2 Å². The number of aliphatic carboxylic acids is 3. The molecule has 0 spiro atoms. The standard InChI is InChI=1S/C21H40N2O6/c1-2-3-4-5-6-7-8-9-10-11-14-23(17-20(26)27)15-12-13-22-18(21(28)29)16-19(24)25/h18,22H,2-17H2,1H3,(H,24,25)(H,26,27)(H,28,29). The summed E-state index contributed by atoms with van der Waals surface area (Å²) in [6, 6.07) is -1.12. The van der Waals surface area contributed by atoms with Gasteiger partial charge in [-0.2, -0.15) is 0 Å². The first-order valence-corrected chi connectivity index (χ1v) is 11.0. The number of nitrogens with one attached hydrogen (secondary N) is 1. The summed E-state index contributed by atoms with van der Waals surface area (Å²) in [5, 5.41) is 29.5. The van der Waals surface area contributed by atoms with E-state index in [-0.39, 0.29) is 6.54 Å². The van der Waals surface area contributed by atoms with Gasteiger partial charge in [0.1, 0.15) is 6.04 Å². The number of hydrogen-bond acceptors (Lipinski definition) is 5. The van der Waals surface area contributed by atoms with Crippen molar-refractivity contribution in [2.45, 2.75) is 90.0 Å². The highest BCUT2D eigenvalue weighted by Crippen LogP contribution is 2.11. The number of rotatable bonds is 21. The molecule has 0 saturated heterocycles. The first-order valence-electron chi connectivity index (χ1n) is 11.0. The van der Waals surface area contributed by atoms with Gasteiger partial charge in [0.2, 0.25) is 0 Å². The minimum atomic E-state index is -1.19. The Hall–Kier alpha value is -1.67. The van der Waals surface area contributed by atoms with Gasteiger partial charge in [-0.25, -0.2) is 0 Å². The zero-order valence-corrected chi connectivity index (χ0v) is 17.9. The van der Waals surface area contributed by atoms with Crippen LogP contribution in [0.2, 0.25) is 0 Å². The topological polar surface area (TPSA) is 127 Å². The number of nitrogens with zero attached hydrogens (tertiary/aromatic N) is 1. The van der Waals surface area contributed by atoms with Gasteiger partial charge < -0.3 is 20.6 Å². The van der Waals surface area contributed by atoms with E-state index in [1.165, 1.54) is 51.4 Å².